The summed E-state index contributed by atoms with van der Waals surface area (Å²) in [5.74, 6) is 0.756. The minimum atomic E-state index is -0.0694. The SMILES string of the molecule is COc1ccc(CCNC(=O)CCC#N)cc1. The molecule has 0 aliphatic carbocycles. The van der Waals surface area contributed by atoms with Crippen LogP contribution in [0.5, 0.6) is 5.75 Å². The van der Waals surface area contributed by atoms with Crippen molar-refractivity contribution in [2.24, 2.45) is 0 Å². The van der Waals surface area contributed by atoms with Crippen LogP contribution in [0.15, 0.2) is 24.3 Å². The van der Waals surface area contributed by atoms with Gasteiger partial charge in [-0.1, -0.05) is 12.1 Å². The molecule has 0 saturated carbocycles. The lowest BCUT2D eigenvalue weighted by atomic mass is 10.1. The molecule has 0 bridgehead atoms. The predicted octanol–water partition coefficient (Wildman–Crippen LogP) is 1.66. The molecule has 4 heteroatoms. The summed E-state index contributed by atoms with van der Waals surface area (Å²) >= 11 is 0. The molecule has 0 aromatic heterocycles. The van der Waals surface area contributed by atoms with E-state index < -0.39 is 0 Å². The van der Waals surface area contributed by atoms with E-state index in [1.807, 2.05) is 30.3 Å². The van der Waals surface area contributed by atoms with Crippen molar-refractivity contribution >= 4 is 5.91 Å². The highest BCUT2D eigenvalue weighted by molar-refractivity contribution is 5.76. The van der Waals surface area contributed by atoms with Gasteiger partial charge >= 0.3 is 0 Å². The van der Waals surface area contributed by atoms with E-state index in [2.05, 4.69) is 5.32 Å². The minimum absolute atomic E-state index is 0.0694. The van der Waals surface area contributed by atoms with Crippen LogP contribution in [0.25, 0.3) is 0 Å². The van der Waals surface area contributed by atoms with Crippen molar-refractivity contribution in [1.82, 2.24) is 5.32 Å². The second-order valence-corrected chi connectivity index (χ2v) is 3.61. The first-order chi connectivity index (χ1) is 8.26. The number of nitriles is 1. The molecule has 17 heavy (non-hydrogen) atoms. The molecule has 90 valence electrons. The third-order valence-electron chi connectivity index (χ3n) is 2.36. The van der Waals surface area contributed by atoms with E-state index in [1.54, 1.807) is 7.11 Å². The molecule has 1 aromatic carbocycles. The Kier molecular flexibility index (Phi) is 5.59. The van der Waals surface area contributed by atoms with Gasteiger partial charge in [0.05, 0.1) is 13.2 Å². The van der Waals surface area contributed by atoms with Crippen LogP contribution in [0.1, 0.15) is 18.4 Å². The van der Waals surface area contributed by atoms with E-state index in [1.165, 1.54) is 0 Å². The van der Waals surface area contributed by atoms with Gasteiger partial charge in [0.1, 0.15) is 5.75 Å². The number of benzene rings is 1. The molecule has 0 fully saturated rings. The maximum atomic E-state index is 11.2. The molecule has 0 heterocycles. The van der Waals surface area contributed by atoms with E-state index in [9.17, 15) is 4.79 Å². The highest BCUT2D eigenvalue weighted by Gasteiger charge is 2.00. The molecule has 1 rings (SSSR count). The lowest BCUT2D eigenvalue weighted by molar-refractivity contribution is -0.120. The van der Waals surface area contributed by atoms with Crippen molar-refractivity contribution in [2.75, 3.05) is 13.7 Å². The maximum absolute atomic E-state index is 11.2. The molecule has 0 saturated heterocycles. The lowest BCUT2D eigenvalue weighted by Gasteiger charge is -2.05. The van der Waals surface area contributed by atoms with E-state index in [0.717, 1.165) is 17.7 Å². The first-order valence-electron chi connectivity index (χ1n) is 5.53. The minimum Gasteiger partial charge on any atom is -0.497 e. The fraction of sp³-hybridized carbons (Fsp3) is 0.385. The Balaban J connectivity index is 2.26. The van der Waals surface area contributed by atoms with Crippen molar-refractivity contribution in [3.8, 4) is 11.8 Å². The van der Waals surface area contributed by atoms with E-state index >= 15 is 0 Å². The molecule has 0 aliphatic heterocycles. The van der Waals surface area contributed by atoms with Gasteiger partial charge in [0.15, 0.2) is 0 Å². The normalized spacial score (nSPS) is 9.41. The van der Waals surface area contributed by atoms with Gasteiger partial charge in [-0.25, -0.2) is 0 Å². The first kappa shape index (κ1) is 13.0. The summed E-state index contributed by atoms with van der Waals surface area (Å²) in [6.45, 7) is 0.594. The number of nitrogens with one attached hydrogen (secondary N) is 1. The number of methoxy groups -OCH3 is 1. The molecule has 0 atom stereocenters. The van der Waals surface area contributed by atoms with E-state index in [0.29, 0.717) is 6.54 Å². The monoisotopic (exact) mass is 232 g/mol. The fourth-order valence-corrected chi connectivity index (χ4v) is 1.40. The number of carbonyl (C=O) groups excluding carboxylic acids is 1. The molecule has 0 aliphatic rings. The van der Waals surface area contributed by atoms with Gasteiger partial charge < -0.3 is 10.1 Å². The zero-order chi connectivity index (χ0) is 12.5. The Morgan fingerprint density at radius 3 is 2.71 bits per heavy atom. The summed E-state index contributed by atoms with van der Waals surface area (Å²) in [6.07, 6.45) is 1.33. The molecular weight excluding hydrogens is 216 g/mol. The third-order valence-corrected chi connectivity index (χ3v) is 2.36. The Bertz CT molecular complexity index is 393. The van der Waals surface area contributed by atoms with Crippen LogP contribution < -0.4 is 10.1 Å². The van der Waals surface area contributed by atoms with Crippen LogP contribution >= 0.6 is 0 Å². The predicted molar refractivity (Wildman–Crippen MR) is 64.6 cm³/mol. The molecule has 1 amide bonds. The van der Waals surface area contributed by atoms with Gasteiger partial charge in [-0.3, -0.25) is 4.79 Å². The molecule has 1 N–H and O–H groups in total. The maximum Gasteiger partial charge on any atom is 0.221 e. The number of hydrogen-bond acceptors (Lipinski definition) is 3. The number of nitrogens with zero attached hydrogens (tertiary/aromatic N) is 1. The van der Waals surface area contributed by atoms with Gasteiger partial charge in [0.25, 0.3) is 0 Å². The zero-order valence-electron chi connectivity index (χ0n) is 9.90. The molecule has 1 aromatic rings. The van der Waals surface area contributed by atoms with Crippen molar-refractivity contribution in [1.29, 1.82) is 5.26 Å². The Morgan fingerprint density at radius 2 is 2.12 bits per heavy atom. The van der Waals surface area contributed by atoms with Crippen LogP contribution in [0.2, 0.25) is 0 Å². The zero-order valence-corrected chi connectivity index (χ0v) is 9.90. The van der Waals surface area contributed by atoms with Gasteiger partial charge in [0, 0.05) is 19.4 Å². The van der Waals surface area contributed by atoms with Crippen LogP contribution in [0.4, 0.5) is 0 Å². The Labute approximate surface area is 101 Å². The average Bonchev–Trinajstić information content (AvgIpc) is 2.37. The molecule has 0 unspecified atom stereocenters. The van der Waals surface area contributed by atoms with Crippen molar-refractivity contribution < 1.29 is 9.53 Å². The van der Waals surface area contributed by atoms with Crippen LogP contribution in [-0.4, -0.2) is 19.6 Å². The standard InChI is InChI=1S/C13H16N2O2/c1-17-12-6-4-11(5-7-12)8-10-15-13(16)3-2-9-14/h4-7H,2-3,8,10H2,1H3,(H,15,16). The summed E-state index contributed by atoms with van der Waals surface area (Å²) in [7, 11) is 1.63. The molecule has 0 spiro atoms. The van der Waals surface area contributed by atoms with Crippen LogP contribution in [0, 0.1) is 11.3 Å². The van der Waals surface area contributed by atoms with Crippen molar-refractivity contribution in [3.05, 3.63) is 29.8 Å². The topological polar surface area (TPSA) is 62.1 Å². The number of rotatable bonds is 6. The van der Waals surface area contributed by atoms with Gasteiger partial charge in [-0.05, 0) is 24.1 Å². The highest BCUT2D eigenvalue weighted by atomic mass is 16.5. The van der Waals surface area contributed by atoms with Gasteiger partial charge in [0.2, 0.25) is 5.91 Å². The number of hydrogen-bond donors (Lipinski definition) is 1. The van der Waals surface area contributed by atoms with E-state index in [-0.39, 0.29) is 18.7 Å². The number of amides is 1. The summed E-state index contributed by atoms with van der Waals surface area (Å²) < 4.78 is 5.06. The number of carbonyl (C=O) groups is 1. The van der Waals surface area contributed by atoms with Crippen LogP contribution in [-0.2, 0) is 11.2 Å². The fourth-order valence-electron chi connectivity index (χ4n) is 1.40. The molecular formula is C13H16N2O2. The van der Waals surface area contributed by atoms with Crippen molar-refractivity contribution in [3.63, 3.8) is 0 Å². The summed E-state index contributed by atoms with van der Waals surface area (Å²) in [5, 5.41) is 11.1. The summed E-state index contributed by atoms with van der Waals surface area (Å²) in [6, 6.07) is 9.68. The highest BCUT2D eigenvalue weighted by Crippen LogP contribution is 2.11. The smallest absolute Gasteiger partial charge is 0.221 e. The second kappa shape index (κ2) is 7.29. The second-order valence-electron chi connectivity index (χ2n) is 3.61. The Hall–Kier alpha value is -2.02. The largest absolute Gasteiger partial charge is 0.497 e. The van der Waals surface area contributed by atoms with Gasteiger partial charge in [-0.15, -0.1) is 0 Å². The average molecular weight is 232 g/mol. The quantitative estimate of drug-likeness (QED) is 0.811. The number of ether oxygens (including phenoxy) is 1. The summed E-state index contributed by atoms with van der Waals surface area (Å²) in [5.41, 5.74) is 1.14. The lowest BCUT2D eigenvalue weighted by Crippen LogP contribution is -2.25. The molecule has 0 radical (unpaired) electrons. The molecule has 4 nitrogen and oxygen atoms in total. The van der Waals surface area contributed by atoms with Crippen LogP contribution in [0.3, 0.4) is 0 Å². The first-order valence-corrected chi connectivity index (χ1v) is 5.53. The Morgan fingerprint density at radius 1 is 1.41 bits per heavy atom. The third kappa shape index (κ3) is 5.03. The van der Waals surface area contributed by atoms with Gasteiger partial charge in [-0.2, -0.15) is 5.26 Å². The van der Waals surface area contributed by atoms with Crippen molar-refractivity contribution in [2.45, 2.75) is 19.3 Å². The van der Waals surface area contributed by atoms with E-state index in [4.69, 9.17) is 10.00 Å². The summed E-state index contributed by atoms with van der Waals surface area (Å²) in [4.78, 5) is 11.2.